The third-order valence-electron chi connectivity index (χ3n) is 9.40. The molecule has 0 N–H and O–H groups in total. The molecule has 0 aliphatic heterocycles. The predicted molar refractivity (Wildman–Crippen MR) is 173 cm³/mol. The number of ether oxygens (including phenoxy) is 3. The normalized spacial score (nSPS) is 14.3. The lowest BCUT2D eigenvalue weighted by molar-refractivity contribution is 0.408. The van der Waals surface area contributed by atoms with Crippen LogP contribution in [0, 0.1) is 41.5 Å². The van der Waals surface area contributed by atoms with Gasteiger partial charge in [0.05, 0.1) is 21.3 Å². The van der Waals surface area contributed by atoms with Gasteiger partial charge in [0.15, 0.2) is 8.07 Å². The van der Waals surface area contributed by atoms with Crippen LogP contribution in [0.3, 0.4) is 0 Å². The second-order valence-electron chi connectivity index (χ2n) is 11.8. The van der Waals surface area contributed by atoms with Crippen molar-refractivity contribution in [2.24, 2.45) is 0 Å². The molecule has 0 aromatic heterocycles. The van der Waals surface area contributed by atoms with Gasteiger partial charge in [-0.2, -0.15) is 0 Å². The lowest BCUT2D eigenvalue weighted by Gasteiger charge is -2.42. The minimum Gasteiger partial charge on any atom is -0.496 e. The van der Waals surface area contributed by atoms with Gasteiger partial charge in [-0.05, 0) is 129 Å². The second kappa shape index (κ2) is 11.0. The molecule has 0 saturated heterocycles. The van der Waals surface area contributed by atoms with E-state index in [0.29, 0.717) is 0 Å². The zero-order valence-electron chi connectivity index (χ0n) is 26.8. The van der Waals surface area contributed by atoms with Crippen LogP contribution in [0.1, 0.15) is 61.1 Å². The summed E-state index contributed by atoms with van der Waals surface area (Å²) < 4.78 is 17.6. The molecule has 0 unspecified atom stereocenters. The number of methoxy groups -OCH3 is 3. The first-order valence-electron chi connectivity index (χ1n) is 14.2. The van der Waals surface area contributed by atoms with E-state index in [-0.39, 0.29) is 5.54 Å². The van der Waals surface area contributed by atoms with Crippen molar-refractivity contribution in [1.82, 2.24) is 0 Å². The molecule has 212 valence electrons. The number of hydrogen-bond acceptors (Lipinski definition) is 3. The van der Waals surface area contributed by atoms with Crippen molar-refractivity contribution < 1.29 is 14.2 Å². The first-order chi connectivity index (χ1) is 18.8. The van der Waals surface area contributed by atoms with Crippen molar-refractivity contribution in [3.05, 3.63) is 92.1 Å². The van der Waals surface area contributed by atoms with Gasteiger partial charge in [0.25, 0.3) is 0 Å². The van der Waals surface area contributed by atoms with Crippen LogP contribution < -0.4 is 29.8 Å². The minimum atomic E-state index is -2.78. The van der Waals surface area contributed by atoms with E-state index in [1.807, 2.05) is 0 Å². The summed E-state index contributed by atoms with van der Waals surface area (Å²) in [5.41, 5.74) is 13.1. The minimum absolute atomic E-state index is 0.277. The molecule has 0 amide bonds. The third-order valence-corrected chi connectivity index (χ3v) is 14.7. The van der Waals surface area contributed by atoms with Crippen molar-refractivity contribution in [3.63, 3.8) is 0 Å². The van der Waals surface area contributed by atoms with Crippen molar-refractivity contribution in [2.45, 2.75) is 74.8 Å². The van der Waals surface area contributed by atoms with E-state index in [9.17, 15) is 0 Å². The molecule has 1 aliphatic rings. The van der Waals surface area contributed by atoms with E-state index in [2.05, 4.69) is 106 Å². The maximum Gasteiger partial charge on any atom is 0.159 e. The summed E-state index contributed by atoms with van der Waals surface area (Å²) in [7, 11) is 2.54. The number of rotatable bonds is 7. The molecule has 0 atom stereocenters. The fourth-order valence-electron chi connectivity index (χ4n) is 7.50. The van der Waals surface area contributed by atoms with Crippen molar-refractivity contribution in [1.29, 1.82) is 0 Å². The Hall–Kier alpha value is -3.24. The molecular formula is C36H46O3Si. The zero-order chi connectivity index (χ0) is 29.7. The average Bonchev–Trinajstić information content (AvgIpc) is 3.07. The molecule has 0 heterocycles. The summed E-state index contributed by atoms with van der Waals surface area (Å²) in [6.07, 6.45) is 0. The fraction of sp³-hybridized carbons (Fsp3) is 0.389. The van der Waals surface area contributed by atoms with Crippen LogP contribution in [0.15, 0.2) is 58.7 Å². The average molecular weight is 555 g/mol. The van der Waals surface area contributed by atoms with E-state index < -0.39 is 8.07 Å². The van der Waals surface area contributed by atoms with Gasteiger partial charge in [0.2, 0.25) is 0 Å². The molecule has 3 aromatic rings. The Kier molecular flexibility index (Phi) is 8.15. The van der Waals surface area contributed by atoms with E-state index in [1.54, 1.807) is 21.3 Å². The topological polar surface area (TPSA) is 27.7 Å². The van der Waals surface area contributed by atoms with Gasteiger partial charge in [0, 0.05) is 5.54 Å². The molecule has 0 fully saturated rings. The summed E-state index contributed by atoms with van der Waals surface area (Å²) in [4.78, 5) is 0. The first kappa shape index (κ1) is 29.7. The Morgan fingerprint density at radius 3 is 0.850 bits per heavy atom. The maximum absolute atomic E-state index is 5.86. The van der Waals surface area contributed by atoms with Crippen molar-refractivity contribution >= 4 is 23.6 Å². The van der Waals surface area contributed by atoms with E-state index >= 15 is 0 Å². The molecule has 0 bridgehead atoms. The van der Waals surface area contributed by atoms with Gasteiger partial charge in [-0.3, -0.25) is 0 Å². The quantitative estimate of drug-likeness (QED) is 0.231. The molecule has 1 aliphatic carbocycles. The van der Waals surface area contributed by atoms with E-state index in [4.69, 9.17) is 14.2 Å². The number of allylic oxidation sites excluding steroid dienone is 4. The Morgan fingerprint density at radius 2 is 0.650 bits per heavy atom. The van der Waals surface area contributed by atoms with Crippen LogP contribution >= 0.6 is 0 Å². The Balaban J connectivity index is 2.31. The highest BCUT2D eigenvalue weighted by Crippen LogP contribution is 2.47. The largest absolute Gasteiger partial charge is 0.496 e. The summed E-state index contributed by atoms with van der Waals surface area (Å²) >= 11 is 0. The molecule has 3 aromatic carbocycles. The maximum atomic E-state index is 5.86. The summed E-state index contributed by atoms with van der Waals surface area (Å²) in [6, 6.07) is 14.4. The Bertz CT molecular complexity index is 1320. The Labute approximate surface area is 242 Å². The molecule has 0 spiro atoms. The standard InChI is InChI=1S/C36H46O3Si/c1-20-14-30(15-21(2)33(20)37-11)40(36-28(9)26(7)27(8)29(36)10,31-16-22(3)34(38-12)23(4)17-31)32-18-24(5)35(39-13)25(6)19-32/h14-19,36H,1-13H3. The molecule has 3 nitrogen and oxygen atoms in total. The van der Waals surface area contributed by atoms with Crippen LogP contribution in [-0.2, 0) is 0 Å². The summed E-state index contributed by atoms with van der Waals surface area (Å²) in [6.45, 7) is 22.4. The van der Waals surface area contributed by atoms with Crippen LogP contribution in [-0.4, -0.2) is 29.4 Å². The van der Waals surface area contributed by atoms with Gasteiger partial charge in [-0.1, -0.05) is 47.5 Å². The fourth-order valence-corrected chi connectivity index (χ4v) is 13.9. The SMILES string of the molecule is COc1c(C)cc([Si](c2cc(C)c(OC)c(C)c2)(c2cc(C)c(OC)c(C)c2)C2C(C)=C(C)C(C)=C2C)cc1C. The van der Waals surface area contributed by atoms with Gasteiger partial charge < -0.3 is 14.2 Å². The second-order valence-corrected chi connectivity index (χ2v) is 15.7. The lowest BCUT2D eigenvalue weighted by atomic mass is 10.1. The molecule has 4 rings (SSSR count). The lowest BCUT2D eigenvalue weighted by Crippen LogP contribution is -2.70. The first-order valence-corrected chi connectivity index (χ1v) is 16.2. The van der Waals surface area contributed by atoms with Crippen LogP contribution in [0.4, 0.5) is 0 Å². The van der Waals surface area contributed by atoms with E-state index in [0.717, 1.165) is 17.2 Å². The molecular weight excluding hydrogens is 508 g/mol. The predicted octanol–water partition coefficient (Wildman–Crippen LogP) is 7.09. The zero-order valence-corrected chi connectivity index (χ0v) is 27.8. The molecule has 40 heavy (non-hydrogen) atoms. The highest BCUT2D eigenvalue weighted by molar-refractivity contribution is 7.13. The number of hydrogen-bond donors (Lipinski definition) is 0. The third kappa shape index (κ3) is 4.41. The smallest absolute Gasteiger partial charge is 0.159 e. The number of benzene rings is 3. The highest BCUT2D eigenvalue weighted by Gasteiger charge is 2.51. The van der Waals surface area contributed by atoms with Gasteiger partial charge >= 0.3 is 0 Å². The van der Waals surface area contributed by atoms with Crippen LogP contribution in [0.25, 0.3) is 0 Å². The number of aryl methyl sites for hydroxylation is 6. The van der Waals surface area contributed by atoms with Gasteiger partial charge in [-0.15, -0.1) is 0 Å². The monoisotopic (exact) mass is 554 g/mol. The summed E-state index contributed by atoms with van der Waals surface area (Å²) in [5.74, 6) is 2.90. The molecule has 0 saturated carbocycles. The van der Waals surface area contributed by atoms with Crippen LogP contribution in [0.2, 0.25) is 5.54 Å². The summed E-state index contributed by atoms with van der Waals surface area (Å²) in [5, 5.41) is 4.22. The Morgan fingerprint density at radius 1 is 0.425 bits per heavy atom. The van der Waals surface area contributed by atoms with Crippen molar-refractivity contribution in [3.8, 4) is 17.2 Å². The van der Waals surface area contributed by atoms with Gasteiger partial charge in [-0.25, -0.2) is 0 Å². The van der Waals surface area contributed by atoms with Gasteiger partial charge in [0.1, 0.15) is 17.2 Å². The van der Waals surface area contributed by atoms with Crippen LogP contribution in [0.5, 0.6) is 17.2 Å². The van der Waals surface area contributed by atoms with E-state index in [1.165, 1.54) is 71.2 Å². The highest BCUT2D eigenvalue weighted by atomic mass is 28.3. The van der Waals surface area contributed by atoms with Crippen molar-refractivity contribution in [2.75, 3.05) is 21.3 Å². The molecule has 0 radical (unpaired) electrons. The molecule has 4 heteroatoms.